The van der Waals surface area contributed by atoms with E-state index in [2.05, 4.69) is 15.2 Å². The summed E-state index contributed by atoms with van der Waals surface area (Å²) in [5, 5.41) is 7.96. The van der Waals surface area contributed by atoms with Crippen LogP contribution in [0.2, 0.25) is 0 Å². The zero-order chi connectivity index (χ0) is 15.8. The third-order valence-electron chi connectivity index (χ3n) is 3.81. The van der Waals surface area contributed by atoms with Crippen molar-refractivity contribution in [3.05, 3.63) is 48.2 Å². The average molecular weight is 326 g/mol. The number of rotatable bonds is 3. The van der Waals surface area contributed by atoms with Crippen LogP contribution in [0.1, 0.15) is 10.9 Å². The number of aromatic amines is 1. The first-order valence-electron chi connectivity index (χ1n) is 7.14. The van der Waals surface area contributed by atoms with Crippen LogP contribution in [-0.4, -0.2) is 34.0 Å². The monoisotopic (exact) mass is 326 g/mol. The van der Waals surface area contributed by atoms with E-state index in [1.165, 1.54) is 0 Å². The number of methoxy groups -OCH3 is 1. The number of thioether (sulfide) groups is 1. The number of pyridine rings is 1. The molecule has 1 amide bonds. The van der Waals surface area contributed by atoms with Gasteiger partial charge >= 0.3 is 0 Å². The SMILES string of the molecule is COc1ccc([C@H]2SCC(=O)N2c2n[nH]c3ncccc23)cc1. The van der Waals surface area contributed by atoms with Crippen molar-refractivity contribution in [3.63, 3.8) is 0 Å². The number of benzene rings is 1. The Morgan fingerprint density at radius 2 is 2.13 bits per heavy atom. The molecule has 0 aliphatic carbocycles. The maximum absolute atomic E-state index is 12.4. The topological polar surface area (TPSA) is 71.1 Å². The van der Waals surface area contributed by atoms with Crippen molar-refractivity contribution in [2.75, 3.05) is 17.8 Å². The Morgan fingerprint density at radius 3 is 2.91 bits per heavy atom. The van der Waals surface area contributed by atoms with Gasteiger partial charge in [-0.2, -0.15) is 5.10 Å². The van der Waals surface area contributed by atoms with Crippen LogP contribution >= 0.6 is 11.8 Å². The Kier molecular flexibility index (Phi) is 3.42. The van der Waals surface area contributed by atoms with E-state index in [9.17, 15) is 4.79 Å². The Morgan fingerprint density at radius 1 is 1.30 bits per heavy atom. The summed E-state index contributed by atoms with van der Waals surface area (Å²) in [5.74, 6) is 1.91. The van der Waals surface area contributed by atoms with Crippen molar-refractivity contribution in [3.8, 4) is 5.75 Å². The molecule has 0 saturated carbocycles. The van der Waals surface area contributed by atoms with Crippen LogP contribution < -0.4 is 9.64 Å². The van der Waals surface area contributed by atoms with E-state index < -0.39 is 0 Å². The van der Waals surface area contributed by atoms with Crippen molar-refractivity contribution < 1.29 is 9.53 Å². The highest BCUT2D eigenvalue weighted by Crippen LogP contribution is 2.43. The molecule has 0 radical (unpaired) electrons. The summed E-state index contributed by atoms with van der Waals surface area (Å²) < 4.78 is 5.20. The highest BCUT2D eigenvalue weighted by Gasteiger charge is 2.36. The Balaban J connectivity index is 1.76. The molecule has 6 nitrogen and oxygen atoms in total. The van der Waals surface area contributed by atoms with Crippen molar-refractivity contribution in [1.82, 2.24) is 15.2 Å². The van der Waals surface area contributed by atoms with E-state index >= 15 is 0 Å². The molecule has 1 fully saturated rings. The maximum atomic E-state index is 12.4. The smallest absolute Gasteiger partial charge is 0.239 e. The molecule has 4 rings (SSSR count). The third-order valence-corrected chi connectivity index (χ3v) is 5.03. The first kappa shape index (κ1) is 14.1. The second-order valence-corrected chi connectivity index (χ2v) is 6.22. The number of carbonyl (C=O) groups is 1. The Bertz CT molecular complexity index is 862. The number of hydrogen-bond acceptors (Lipinski definition) is 5. The van der Waals surface area contributed by atoms with Gasteiger partial charge in [-0.25, -0.2) is 4.98 Å². The molecule has 7 heteroatoms. The normalized spacial score (nSPS) is 17.9. The van der Waals surface area contributed by atoms with Gasteiger partial charge in [-0.15, -0.1) is 11.8 Å². The molecule has 0 spiro atoms. The summed E-state index contributed by atoms with van der Waals surface area (Å²) in [4.78, 5) is 18.4. The zero-order valence-electron chi connectivity index (χ0n) is 12.4. The summed E-state index contributed by atoms with van der Waals surface area (Å²) in [7, 11) is 1.64. The van der Waals surface area contributed by atoms with E-state index in [1.807, 2.05) is 36.4 Å². The zero-order valence-corrected chi connectivity index (χ0v) is 13.2. The number of carbonyl (C=O) groups excluding carboxylic acids is 1. The summed E-state index contributed by atoms with van der Waals surface area (Å²) in [6, 6.07) is 11.5. The van der Waals surface area contributed by atoms with Gasteiger partial charge in [0.2, 0.25) is 5.91 Å². The molecule has 1 aliphatic heterocycles. The minimum atomic E-state index is -0.0971. The van der Waals surface area contributed by atoms with Gasteiger partial charge in [0.15, 0.2) is 11.5 Å². The fraction of sp³-hybridized carbons (Fsp3) is 0.188. The van der Waals surface area contributed by atoms with Gasteiger partial charge in [0.1, 0.15) is 11.1 Å². The van der Waals surface area contributed by atoms with Crippen LogP contribution in [0, 0.1) is 0 Å². The Hall–Kier alpha value is -2.54. The molecule has 0 bridgehead atoms. The lowest BCUT2D eigenvalue weighted by atomic mass is 10.2. The van der Waals surface area contributed by atoms with Gasteiger partial charge in [-0.1, -0.05) is 12.1 Å². The second kappa shape index (κ2) is 5.58. The van der Waals surface area contributed by atoms with E-state index in [1.54, 1.807) is 30.0 Å². The minimum absolute atomic E-state index is 0.0491. The summed E-state index contributed by atoms with van der Waals surface area (Å²) in [5.41, 5.74) is 1.72. The van der Waals surface area contributed by atoms with E-state index in [-0.39, 0.29) is 11.3 Å². The van der Waals surface area contributed by atoms with Gasteiger partial charge < -0.3 is 4.74 Å². The van der Waals surface area contributed by atoms with E-state index in [0.29, 0.717) is 17.2 Å². The van der Waals surface area contributed by atoms with E-state index in [0.717, 1.165) is 16.7 Å². The number of ether oxygens (including phenoxy) is 1. The number of nitrogens with zero attached hydrogens (tertiary/aromatic N) is 3. The highest BCUT2D eigenvalue weighted by atomic mass is 32.2. The molecule has 0 unspecified atom stereocenters. The first-order chi connectivity index (χ1) is 11.3. The average Bonchev–Trinajstić information content (AvgIpc) is 3.18. The molecular weight excluding hydrogens is 312 g/mol. The number of fused-ring (bicyclic) bond motifs is 1. The van der Waals surface area contributed by atoms with Gasteiger partial charge in [-0.3, -0.25) is 14.8 Å². The van der Waals surface area contributed by atoms with Crippen molar-refractivity contribution >= 4 is 34.5 Å². The van der Waals surface area contributed by atoms with Crippen LogP contribution in [0.15, 0.2) is 42.6 Å². The second-order valence-electron chi connectivity index (χ2n) is 5.15. The summed E-state index contributed by atoms with van der Waals surface area (Å²) in [6.45, 7) is 0. The number of hydrogen-bond donors (Lipinski definition) is 1. The van der Waals surface area contributed by atoms with Crippen LogP contribution in [-0.2, 0) is 4.79 Å². The number of amides is 1. The Labute approximate surface area is 136 Å². The minimum Gasteiger partial charge on any atom is -0.497 e. The van der Waals surface area contributed by atoms with Gasteiger partial charge in [0.25, 0.3) is 0 Å². The molecule has 2 aromatic heterocycles. The molecule has 1 N–H and O–H groups in total. The predicted molar refractivity (Wildman–Crippen MR) is 89.6 cm³/mol. The van der Waals surface area contributed by atoms with Crippen molar-refractivity contribution in [2.45, 2.75) is 5.37 Å². The van der Waals surface area contributed by atoms with Crippen LogP contribution in [0.4, 0.5) is 5.82 Å². The molecule has 23 heavy (non-hydrogen) atoms. The number of aromatic nitrogens is 3. The molecule has 116 valence electrons. The van der Waals surface area contributed by atoms with E-state index in [4.69, 9.17) is 4.74 Å². The largest absolute Gasteiger partial charge is 0.497 e. The molecule has 1 saturated heterocycles. The quantitative estimate of drug-likeness (QED) is 0.801. The van der Waals surface area contributed by atoms with Crippen molar-refractivity contribution in [1.29, 1.82) is 0 Å². The molecule has 1 atom stereocenters. The van der Waals surface area contributed by atoms with Crippen LogP contribution in [0.25, 0.3) is 11.0 Å². The molecule has 3 aromatic rings. The molecule has 1 aliphatic rings. The predicted octanol–water partition coefficient (Wildman–Crippen LogP) is 2.75. The number of anilines is 1. The fourth-order valence-electron chi connectivity index (χ4n) is 2.69. The molecule has 1 aromatic carbocycles. The van der Waals surface area contributed by atoms with Crippen LogP contribution in [0.3, 0.4) is 0 Å². The third kappa shape index (κ3) is 2.33. The van der Waals surface area contributed by atoms with Gasteiger partial charge in [0, 0.05) is 6.20 Å². The molecule has 3 heterocycles. The van der Waals surface area contributed by atoms with Gasteiger partial charge in [-0.05, 0) is 29.8 Å². The van der Waals surface area contributed by atoms with Crippen LogP contribution in [0.5, 0.6) is 5.75 Å². The fourth-order valence-corrected chi connectivity index (χ4v) is 3.85. The first-order valence-corrected chi connectivity index (χ1v) is 8.19. The standard InChI is InChI=1S/C16H14N4O2S/c1-22-11-6-4-10(5-7-11)16-20(13(21)9-23-16)15-12-3-2-8-17-14(12)18-19-15/h2-8,16H,9H2,1H3,(H,17,18,19)/t16-/m1/s1. The number of nitrogens with one attached hydrogen (secondary N) is 1. The lowest BCUT2D eigenvalue weighted by molar-refractivity contribution is -0.115. The van der Waals surface area contributed by atoms with Gasteiger partial charge in [0.05, 0.1) is 18.2 Å². The molecular formula is C16H14N4O2S. The lowest BCUT2D eigenvalue weighted by Crippen LogP contribution is -2.28. The van der Waals surface area contributed by atoms with Crippen molar-refractivity contribution in [2.24, 2.45) is 0 Å². The maximum Gasteiger partial charge on any atom is 0.239 e. The summed E-state index contributed by atoms with van der Waals surface area (Å²) >= 11 is 1.59. The summed E-state index contributed by atoms with van der Waals surface area (Å²) in [6.07, 6.45) is 1.70. The highest BCUT2D eigenvalue weighted by molar-refractivity contribution is 8.00. The lowest BCUT2D eigenvalue weighted by Gasteiger charge is -2.22. The number of H-pyrrole nitrogens is 1.